The van der Waals surface area contributed by atoms with E-state index >= 15 is 0 Å². The highest BCUT2D eigenvalue weighted by atomic mass is 32.2. The number of nitrogens with zero attached hydrogens (tertiary/aromatic N) is 2. The van der Waals surface area contributed by atoms with Gasteiger partial charge in [0.25, 0.3) is 5.72 Å². The zero-order valence-electron chi connectivity index (χ0n) is 10.9. The molecular weight excluding hydrogens is 288 g/mol. The van der Waals surface area contributed by atoms with Crippen LogP contribution in [0.4, 0.5) is 5.69 Å². The van der Waals surface area contributed by atoms with E-state index in [1.165, 1.54) is 5.17 Å². The summed E-state index contributed by atoms with van der Waals surface area (Å²) in [6, 6.07) is 14.2. The lowest BCUT2D eigenvalue weighted by Crippen LogP contribution is -2.46. The first kappa shape index (κ1) is 12.4. The van der Waals surface area contributed by atoms with E-state index < -0.39 is 5.72 Å². The maximum absolute atomic E-state index is 11.3. The summed E-state index contributed by atoms with van der Waals surface area (Å²) in [4.78, 5) is 3.10. The van der Waals surface area contributed by atoms with Gasteiger partial charge in [0.2, 0.25) is 0 Å². The predicted octanol–water partition coefficient (Wildman–Crippen LogP) is 2.53. The number of hydrogen-bond acceptors (Lipinski definition) is 4. The molecule has 0 saturated carbocycles. The molecule has 0 spiro atoms. The molecule has 102 valence electrons. The van der Waals surface area contributed by atoms with Crippen molar-refractivity contribution in [1.82, 2.24) is 0 Å². The number of amidine groups is 1. The van der Waals surface area contributed by atoms with Gasteiger partial charge in [-0.2, -0.15) is 4.90 Å². The Morgan fingerprint density at radius 2 is 2.00 bits per heavy atom. The van der Waals surface area contributed by atoms with Crippen LogP contribution in [0, 0.1) is 0 Å². The largest absolute Gasteiger partial charge is 0.345 e. The summed E-state index contributed by atoms with van der Waals surface area (Å²) in [6.07, 6.45) is 0. The number of thioether (sulfide) groups is 1. The third-order valence-corrected chi connectivity index (χ3v) is 5.86. The fourth-order valence-electron chi connectivity index (χ4n) is 2.88. The van der Waals surface area contributed by atoms with Crippen molar-refractivity contribution in [2.45, 2.75) is 5.72 Å². The zero-order chi connectivity index (χ0) is 13.6. The van der Waals surface area contributed by atoms with Crippen LogP contribution in [0.5, 0.6) is 0 Å². The Morgan fingerprint density at radius 1 is 1.15 bits per heavy atom. The number of benzene rings is 1. The second-order valence-corrected chi connectivity index (χ2v) is 7.03. The average molecular weight is 303 g/mol. The van der Waals surface area contributed by atoms with Crippen LogP contribution >= 0.6 is 23.1 Å². The van der Waals surface area contributed by atoms with E-state index in [0.29, 0.717) is 6.54 Å². The molecule has 0 radical (unpaired) electrons. The monoisotopic (exact) mass is 303 g/mol. The Bertz CT molecular complexity index is 654. The summed E-state index contributed by atoms with van der Waals surface area (Å²) in [7, 11) is 0. The Balaban J connectivity index is 1.85. The van der Waals surface area contributed by atoms with E-state index in [1.807, 2.05) is 47.5 Å². The summed E-state index contributed by atoms with van der Waals surface area (Å²) in [5.74, 6) is 1.10. The second-order valence-electron chi connectivity index (χ2n) is 5.02. The van der Waals surface area contributed by atoms with Crippen LogP contribution in [0.3, 0.4) is 0 Å². The number of aliphatic hydroxyl groups is 1. The molecule has 3 nitrogen and oxygen atoms in total. The van der Waals surface area contributed by atoms with E-state index in [1.54, 1.807) is 11.3 Å². The molecule has 4 rings (SSSR count). The maximum Gasteiger partial charge on any atom is 0.316 e. The molecule has 2 aliphatic rings. The molecule has 0 fully saturated rings. The number of anilines is 1. The minimum absolute atomic E-state index is 0.644. The Labute approximate surface area is 126 Å². The smallest absolute Gasteiger partial charge is 0.316 e. The summed E-state index contributed by atoms with van der Waals surface area (Å²) < 4.78 is 2.29. The standard InChI is InChI=1S/C15H15N2OS2/c18-15(13-7-4-9-19-13)11-16-8-10-20-14(16)17(15)12-5-2-1-3-6-12/h1-7,9,18H,8,10-11H2/q+1/t15-/m0/s1. The minimum atomic E-state index is -0.946. The normalized spacial score (nSPS) is 25.4. The number of para-hydroxylation sites is 1. The Hall–Kier alpha value is -1.30. The van der Waals surface area contributed by atoms with Crippen LogP contribution in [0.1, 0.15) is 4.88 Å². The first-order valence-electron chi connectivity index (χ1n) is 6.65. The van der Waals surface area contributed by atoms with Gasteiger partial charge in [-0.15, -0.1) is 11.3 Å². The molecule has 0 saturated heterocycles. The van der Waals surface area contributed by atoms with Crippen molar-refractivity contribution in [1.29, 1.82) is 0 Å². The van der Waals surface area contributed by atoms with E-state index in [-0.39, 0.29) is 0 Å². The van der Waals surface area contributed by atoms with Crippen molar-refractivity contribution < 1.29 is 9.68 Å². The highest BCUT2D eigenvalue weighted by molar-refractivity contribution is 8.14. The fraction of sp³-hybridized carbons (Fsp3) is 0.267. The van der Waals surface area contributed by atoms with Gasteiger partial charge in [0.1, 0.15) is 5.69 Å². The molecule has 5 heteroatoms. The van der Waals surface area contributed by atoms with E-state index in [2.05, 4.69) is 21.6 Å². The van der Waals surface area contributed by atoms with Crippen LogP contribution in [-0.4, -0.2) is 33.7 Å². The van der Waals surface area contributed by atoms with Gasteiger partial charge in [0.05, 0.1) is 11.4 Å². The minimum Gasteiger partial charge on any atom is -0.345 e. The lowest BCUT2D eigenvalue weighted by atomic mass is 10.1. The summed E-state index contributed by atoms with van der Waals surface area (Å²) in [5.41, 5.74) is 0.105. The first-order valence-corrected chi connectivity index (χ1v) is 8.52. The molecule has 0 unspecified atom stereocenters. The molecule has 0 amide bonds. The van der Waals surface area contributed by atoms with Gasteiger partial charge in [-0.1, -0.05) is 24.3 Å². The van der Waals surface area contributed by atoms with Gasteiger partial charge in [-0.25, -0.2) is 4.58 Å². The van der Waals surface area contributed by atoms with Crippen molar-refractivity contribution in [3.8, 4) is 0 Å². The van der Waals surface area contributed by atoms with Gasteiger partial charge >= 0.3 is 5.17 Å². The van der Waals surface area contributed by atoms with E-state index in [9.17, 15) is 5.11 Å². The van der Waals surface area contributed by atoms with Crippen LogP contribution in [-0.2, 0) is 5.72 Å². The zero-order valence-corrected chi connectivity index (χ0v) is 12.5. The quantitative estimate of drug-likeness (QED) is 0.864. The Kier molecular flexibility index (Phi) is 2.87. The highest BCUT2D eigenvalue weighted by Crippen LogP contribution is 2.41. The summed E-state index contributed by atoms with van der Waals surface area (Å²) in [5, 5.41) is 14.5. The molecular formula is C15H15N2OS2+. The third kappa shape index (κ3) is 1.74. The molecule has 20 heavy (non-hydrogen) atoms. The average Bonchev–Trinajstić information content (AvgIpc) is 3.14. The van der Waals surface area contributed by atoms with Gasteiger partial charge in [-0.3, -0.25) is 0 Å². The van der Waals surface area contributed by atoms with Crippen LogP contribution < -0.4 is 4.90 Å². The highest BCUT2D eigenvalue weighted by Gasteiger charge is 2.56. The van der Waals surface area contributed by atoms with Gasteiger partial charge in [0.15, 0.2) is 6.54 Å². The topological polar surface area (TPSA) is 26.5 Å². The predicted molar refractivity (Wildman–Crippen MR) is 84.6 cm³/mol. The van der Waals surface area contributed by atoms with E-state index in [4.69, 9.17) is 0 Å². The van der Waals surface area contributed by atoms with Crippen molar-refractivity contribution in [3.05, 3.63) is 52.7 Å². The first-order chi connectivity index (χ1) is 9.79. The van der Waals surface area contributed by atoms with Crippen LogP contribution in [0.15, 0.2) is 47.8 Å². The summed E-state index contributed by atoms with van der Waals surface area (Å²) >= 11 is 3.44. The Morgan fingerprint density at radius 3 is 2.75 bits per heavy atom. The molecule has 2 aromatic rings. The second kappa shape index (κ2) is 4.62. The molecule has 2 aliphatic heterocycles. The van der Waals surface area contributed by atoms with Crippen LogP contribution in [0.25, 0.3) is 0 Å². The number of thiophene rings is 1. The molecule has 1 aromatic carbocycles. The maximum atomic E-state index is 11.3. The van der Waals surface area contributed by atoms with Crippen molar-refractivity contribution in [2.75, 3.05) is 23.7 Å². The summed E-state index contributed by atoms with van der Waals surface area (Å²) in [6.45, 7) is 1.65. The van der Waals surface area contributed by atoms with Gasteiger partial charge in [0, 0.05) is 5.75 Å². The van der Waals surface area contributed by atoms with Gasteiger partial charge in [-0.05, 0) is 35.3 Å². The van der Waals surface area contributed by atoms with Gasteiger partial charge < -0.3 is 5.11 Å². The van der Waals surface area contributed by atoms with Crippen molar-refractivity contribution in [2.24, 2.45) is 0 Å². The lowest BCUT2D eigenvalue weighted by Gasteiger charge is -2.27. The van der Waals surface area contributed by atoms with Crippen LogP contribution in [0.2, 0.25) is 0 Å². The molecule has 3 heterocycles. The number of hydrogen-bond donors (Lipinski definition) is 1. The van der Waals surface area contributed by atoms with E-state index in [0.717, 1.165) is 22.9 Å². The number of rotatable bonds is 2. The SMILES string of the molecule is O[C@]1(c2cccs2)C[N+]2=C(SCC2)N1c1ccccc1. The lowest BCUT2D eigenvalue weighted by molar-refractivity contribution is -0.524. The third-order valence-electron chi connectivity index (χ3n) is 3.77. The molecule has 0 bridgehead atoms. The molecule has 1 N–H and O–H groups in total. The molecule has 1 aromatic heterocycles. The van der Waals surface area contributed by atoms with Crippen molar-refractivity contribution in [3.63, 3.8) is 0 Å². The molecule has 0 aliphatic carbocycles. The fourth-order valence-corrected chi connectivity index (χ4v) is 4.90. The molecule has 1 atom stereocenters. The van der Waals surface area contributed by atoms with Crippen molar-refractivity contribution >= 4 is 34.0 Å².